The third-order valence-electron chi connectivity index (χ3n) is 2.89. The Labute approximate surface area is 130 Å². The van der Waals surface area contributed by atoms with Gasteiger partial charge in [-0.05, 0) is 30.3 Å². The zero-order valence-corrected chi connectivity index (χ0v) is 12.9. The summed E-state index contributed by atoms with van der Waals surface area (Å²) in [6.45, 7) is 0.150. The van der Waals surface area contributed by atoms with Crippen molar-refractivity contribution in [1.29, 1.82) is 0 Å². The van der Waals surface area contributed by atoms with Crippen LogP contribution in [0.5, 0.6) is 11.5 Å². The van der Waals surface area contributed by atoms with E-state index in [1.54, 1.807) is 25.3 Å². The van der Waals surface area contributed by atoms with E-state index < -0.39 is 5.97 Å². The molecule has 0 aliphatic carbocycles. The van der Waals surface area contributed by atoms with E-state index in [1.165, 1.54) is 6.07 Å². The second-order valence-corrected chi connectivity index (χ2v) is 5.19. The number of carboxylic acids is 1. The van der Waals surface area contributed by atoms with Crippen molar-refractivity contribution in [2.75, 3.05) is 12.8 Å². The lowest BCUT2D eigenvalue weighted by atomic mass is 10.1. The van der Waals surface area contributed by atoms with E-state index in [9.17, 15) is 4.79 Å². The number of carboxylic acid groups (broad SMARTS) is 1. The molecule has 0 aliphatic heterocycles. The van der Waals surface area contributed by atoms with Gasteiger partial charge in [0.25, 0.3) is 0 Å². The van der Waals surface area contributed by atoms with Gasteiger partial charge in [-0.1, -0.05) is 22.0 Å². The van der Waals surface area contributed by atoms with Gasteiger partial charge >= 0.3 is 5.97 Å². The number of halogens is 1. The highest BCUT2D eigenvalue weighted by Gasteiger charge is 2.15. The van der Waals surface area contributed by atoms with Gasteiger partial charge in [-0.2, -0.15) is 0 Å². The zero-order valence-electron chi connectivity index (χ0n) is 11.3. The van der Waals surface area contributed by atoms with Crippen molar-refractivity contribution in [2.45, 2.75) is 6.61 Å². The second-order valence-electron chi connectivity index (χ2n) is 4.27. The molecule has 0 saturated carbocycles. The molecule has 0 heterocycles. The molecule has 0 fully saturated rings. The maximum Gasteiger partial charge on any atom is 0.339 e. The van der Waals surface area contributed by atoms with E-state index in [-0.39, 0.29) is 23.6 Å². The molecule has 0 radical (unpaired) electrons. The fraction of sp³-hybridized carbons (Fsp3) is 0.133. The number of rotatable bonds is 5. The van der Waals surface area contributed by atoms with E-state index in [2.05, 4.69) is 15.9 Å². The van der Waals surface area contributed by atoms with Crippen LogP contribution in [-0.2, 0) is 6.61 Å². The first-order chi connectivity index (χ1) is 10.0. The van der Waals surface area contributed by atoms with Crippen LogP contribution in [0.3, 0.4) is 0 Å². The van der Waals surface area contributed by atoms with Gasteiger partial charge in [0.1, 0.15) is 17.9 Å². The van der Waals surface area contributed by atoms with Crippen molar-refractivity contribution in [3.63, 3.8) is 0 Å². The van der Waals surface area contributed by atoms with E-state index in [0.29, 0.717) is 5.75 Å². The van der Waals surface area contributed by atoms with Crippen LogP contribution in [-0.4, -0.2) is 18.2 Å². The fourth-order valence-corrected chi connectivity index (χ4v) is 2.30. The number of aromatic carboxylic acids is 1. The molecule has 2 aromatic carbocycles. The van der Waals surface area contributed by atoms with E-state index in [0.717, 1.165) is 10.0 Å². The summed E-state index contributed by atoms with van der Waals surface area (Å²) < 4.78 is 11.7. The highest BCUT2D eigenvalue weighted by atomic mass is 79.9. The normalized spacial score (nSPS) is 10.2. The first-order valence-electron chi connectivity index (χ1n) is 6.10. The number of hydrogen-bond donors (Lipinski definition) is 2. The largest absolute Gasteiger partial charge is 0.496 e. The molecular weight excluding hydrogens is 338 g/mol. The molecule has 6 heteroatoms. The minimum absolute atomic E-state index is 0.0314. The standard InChI is InChI=1S/C15H14BrNO4/c1-20-13-6-5-10(16)7-9(13)8-21-14-11(15(18)19)3-2-4-12(14)17/h2-7H,8,17H2,1H3,(H,18,19). The molecular formula is C15H14BrNO4. The van der Waals surface area contributed by atoms with Crippen LogP contribution in [0.25, 0.3) is 0 Å². The molecule has 2 rings (SSSR count). The smallest absolute Gasteiger partial charge is 0.339 e. The van der Waals surface area contributed by atoms with Crippen molar-refractivity contribution in [3.8, 4) is 11.5 Å². The summed E-state index contributed by atoms with van der Waals surface area (Å²) >= 11 is 3.37. The average molecular weight is 352 g/mol. The van der Waals surface area contributed by atoms with Crippen LogP contribution >= 0.6 is 15.9 Å². The van der Waals surface area contributed by atoms with Crippen LogP contribution in [0.1, 0.15) is 15.9 Å². The molecule has 0 spiro atoms. The third-order valence-corrected chi connectivity index (χ3v) is 3.38. The monoisotopic (exact) mass is 351 g/mol. The summed E-state index contributed by atoms with van der Waals surface area (Å²) in [7, 11) is 1.56. The summed E-state index contributed by atoms with van der Waals surface area (Å²) in [6, 6.07) is 10.1. The van der Waals surface area contributed by atoms with Gasteiger partial charge in [0.2, 0.25) is 0 Å². The molecule has 0 atom stereocenters. The van der Waals surface area contributed by atoms with E-state index >= 15 is 0 Å². The topological polar surface area (TPSA) is 81.8 Å². The Bertz CT molecular complexity index is 673. The molecule has 0 amide bonds. The van der Waals surface area contributed by atoms with Crippen molar-refractivity contribution < 1.29 is 19.4 Å². The first-order valence-corrected chi connectivity index (χ1v) is 6.89. The summed E-state index contributed by atoms with van der Waals surface area (Å²) in [6.07, 6.45) is 0. The maximum absolute atomic E-state index is 11.2. The number of methoxy groups -OCH3 is 1. The maximum atomic E-state index is 11.2. The fourth-order valence-electron chi connectivity index (χ4n) is 1.89. The number of nitrogen functional groups attached to an aromatic ring is 1. The van der Waals surface area contributed by atoms with Gasteiger partial charge < -0.3 is 20.3 Å². The second kappa shape index (κ2) is 6.49. The Morgan fingerprint density at radius 2 is 2.10 bits per heavy atom. The van der Waals surface area contributed by atoms with Gasteiger partial charge in [-0.15, -0.1) is 0 Å². The Hall–Kier alpha value is -2.21. The van der Waals surface area contributed by atoms with E-state index in [1.807, 2.05) is 12.1 Å². The summed E-state index contributed by atoms with van der Waals surface area (Å²) in [5.41, 5.74) is 6.89. The summed E-state index contributed by atoms with van der Waals surface area (Å²) in [4.78, 5) is 11.2. The predicted molar refractivity (Wildman–Crippen MR) is 82.8 cm³/mol. The summed E-state index contributed by atoms with van der Waals surface area (Å²) in [5, 5.41) is 9.16. The third kappa shape index (κ3) is 3.46. The Morgan fingerprint density at radius 3 is 2.76 bits per heavy atom. The number of benzene rings is 2. The molecule has 0 unspecified atom stereocenters. The predicted octanol–water partition coefficient (Wildman–Crippen LogP) is 3.32. The van der Waals surface area contributed by atoms with Crippen molar-refractivity contribution in [2.24, 2.45) is 0 Å². The minimum Gasteiger partial charge on any atom is -0.496 e. The van der Waals surface area contributed by atoms with Crippen molar-refractivity contribution >= 4 is 27.6 Å². The number of nitrogens with two attached hydrogens (primary N) is 1. The van der Waals surface area contributed by atoms with Gasteiger partial charge in [0, 0.05) is 10.0 Å². The lowest BCUT2D eigenvalue weighted by molar-refractivity contribution is 0.0692. The molecule has 3 N–H and O–H groups in total. The average Bonchev–Trinajstić information content (AvgIpc) is 2.45. The summed E-state index contributed by atoms with van der Waals surface area (Å²) in [5.74, 6) is -0.268. The van der Waals surface area contributed by atoms with Crippen LogP contribution in [0.4, 0.5) is 5.69 Å². The highest BCUT2D eigenvalue weighted by molar-refractivity contribution is 9.10. The van der Waals surface area contributed by atoms with Crippen LogP contribution in [0, 0.1) is 0 Å². The molecule has 5 nitrogen and oxygen atoms in total. The van der Waals surface area contributed by atoms with Gasteiger partial charge in [0.15, 0.2) is 5.75 Å². The SMILES string of the molecule is COc1ccc(Br)cc1COc1c(N)cccc1C(=O)O. The number of hydrogen-bond acceptors (Lipinski definition) is 4. The molecule has 0 aromatic heterocycles. The Morgan fingerprint density at radius 1 is 1.33 bits per heavy atom. The van der Waals surface area contributed by atoms with Crippen LogP contribution < -0.4 is 15.2 Å². The number of anilines is 1. The molecule has 21 heavy (non-hydrogen) atoms. The highest BCUT2D eigenvalue weighted by Crippen LogP contribution is 2.29. The number of ether oxygens (including phenoxy) is 2. The van der Waals surface area contributed by atoms with Crippen molar-refractivity contribution in [1.82, 2.24) is 0 Å². The van der Waals surface area contributed by atoms with Gasteiger partial charge in [-0.3, -0.25) is 0 Å². The van der Waals surface area contributed by atoms with Gasteiger partial charge in [-0.25, -0.2) is 4.79 Å². The van der Waals surface area contributed by atoms with Crippen LogP contribution in [0.15, 0.2) is 40.9 Å². The molecule has 0 bridgehead atoms. The zero-order chi connectivity index (χ0) is 15.4. The molecule has 0 saturated heterocycles. The number of carbonyl (C=O) groups is 1. The van der Waals surface area contributed by atoms with Crippen molar-refractivity contribution in [3.05, 3.63) is 52.0 Å². The molecule has 2 aromatic rings. The quantitative estimate of drug-likeness (QED) is 0.807. The number of para-hydroxylation sites is 1. The Kier molecular flexibility index (Phi) is 4.70. The van der Waals surface area contributed by atoms with E-state index in [4.69, 9.17) is 20.3 Å². The molecule has 110 valence electrons. The van der Waals surface area contributed by atoms with Crippen LogP contribution in [0.2, 0.25) is 0 Å². The molecule has 0 aliphatic rings. The van der Waals surface area contributed by atoms with Gasteiger partial charge in [0.05, 0.1) is 12.8 Å². The first kappa shape index (κ1) is 15.2. The minimum atomic E-state index is -1.08. The lowest BCUT2D eigenvalue weighted by Gasteiger charge is -2.14. The Balaban J connectivity index is 2.28. The lowest BCUT2D eigenvalue weighted by Crippen LogP contribution is -2.06.